The molecule has 106 valence electrons. The average Bonchev–Trinajstić information content (AvgIpc) is 2.74. The van der Waals surface area contributed by atoms with Crippen LogP contribution in [0.5, 0.6) is 0 Å². The molecule has 0 aliphatic carbocycles. The minimum atomic E-state index is -1.37. The van der Waals surface area contributed by atoms with E-state index in [0.29, 0.717) is 19.5 Å². The molecule has 0 amide bonds. The van der Waals surface area contributed by atoms with E-state index in [1.165, 1.54) is 4.90 Å². The minimum absolute atomic E-state index is 0.0603. The molecule has 0 bridgehead atoms. The normalized spacial score (nSPS) is 19.5. The number of rotatable bonds is 3. The van der Waals surface area contributed by atoms with Gasteiger partial charge in [-0.1, -0.05) is 13.8 Å². The summed E-state index contributed by atoms with van der Waals surface area (Å²) in [7, 11) is 0. The Bertz CT molecular complexity index is 450. The van der Waals surface area contributed by atoms with Crippen LogP contribution in [0.15, 0.2) is 6.07 Å². The Balaban J connectivity index is 2.24. The molecule has 1 aromatic carbocycles. The van der Waals surface area contributed by atoms with E-state index in [1.54, 1.807) is 0 Å². The van der Waals surface area contributed by atoms with Gasteiger partial charge in [-0.3, -0.25) is 0 Å². The number of hydrogen-bond acceptors (Lipinski definition) is 2. The van der Waals surface area contributed by atoms with Crippen molar-refractivity contribution in [2.75, 3.05) is 18.0 Å². The van der Waals surface area contributed by atoms with Gasteiger partial charge in [0.25, 0.3) is 0 Å². The van der Waals surface area contributed by atoms with E-state index in [4.69, 9.17) is 0 Å². The fourth-order valence-electron chi connectivity index (χ4n) is 2.41. The summed E-state index contributed by atoms with van der Waals surface area (Å²) in [5.74, 6) is -5.39. The van der Waals surface area contributed by atoms with Crippen LogP contribution in [0.3, 0.4) is 0 Å². The molecule has 1 N–H and O–H groups in total. The molecule has 2 nitrogen and oxygen atoms in total. The summed E-state index contributed by atoms with van der Waals surface area (Å²) in [4.78, 5) is 1.34. The topological polar surface area (TPSA) is 15.3 Å². The van der Waals surface area contributed by atoms with Crippen molar-refractivity contribution < 1.29 is 17.6 Å². The summed E-state index contributed by atoms with van der Waals surface area (Å²) < 4.78 is 53.6. The number of nitrogens with one attached hydrogen (secondary N) is 1. The van der Waals surface area contributed by atoms with E-state index in [0.717, 1.165) is 0 Å². The van der Waals surface area contributed by atoms with Gasteiger partial charge in [-0.2, -0.15) is 0 Å². The Morgan fingerprint density at radius 2 is 1.74 bits per heavy atom. The minimum Gasteiger partial charge on any atom is -0.365 e. The summed E-state index contributed by atoms with van der Waals surface area (Å²) in [6, 6.07) is 0.530. The molecule has 1 fully saturated rings. The van der Waals surface area contributed by atoms with Gasteiger partial charge in [-0.25, -0.2) is 17.6 Å². The zero-order valence-corrected chi connectivity index (χ0v) is 10.8. The summed E-state index contributed by atoms with van der Waals surface area (Å²) in [5.41, 5.74) is -0.606. The van der Waals surface area contributed by atoms with Crippen LogP contribution in [-0.4, -0.2) is 25.2 Å². The van der Waals surface area contributed by atoms with Crippen molar-refractivity contribution in [1.29, 1.82) is 0 Å². The van der Waals surface area contributed by atoms with E-state index in [9.17, 15) is 17.6 Å². The maximum atomic E-state index is 13.6. The standard InChI is InChI=1S/C13H16F4N2/c1-7(2)18-8-3-4-19(6-8)13-11(16)9(14)5-10(15)12(13)17/h5,7-8,18H,3-4,6H2,1-2H3. The summed E-state index contributed by atoms with van der Waals surface area (Å²) in [6.45, 7) is 4.62. The largest absolute Gasteiger partial charge is 0.365 e. The Morgan fingerprint density at radius 3 is 2.26 bits per heavy atom. The number of anilines is 1. The second kappa shape index (κ2) is 5.36. The fraction of sp³-hybridized carbons (Fsp3) is 0.538. The molecule has 19 heavy (non-hydrogen) atoms. The smallest absolute Gasteiger partial charge is 0.185 e. The summed E-state index contributed by atoms with van der Waals surface area (Å²) in [5, 5.41) is 3.24. The third-order valence-corrected chi connectivity index (χ3v) is 3.16. The maximum absolute atomic E-state index is 13.6. The van der Waals surface area contributed by atoms with Crippen molar-refractivity contribution in [2.45, 2.75) is 32.4 Å². The van der Waals surface area contributed by atoms with Crippen LogP contribution in [0.1, 0.15) is 20.3 Å². The number of benzene rings is 1. The molecule has 0 spiro atoms. The van der Waals surface area contributed by atoms with Crippen LogP contribution < -0.4 is 10.2 Å². The first-order chi connectivity index (χ1) is 8.90. The molecule has 1 saturated heterocycles. The van der Waals surface area contributed by atoms with Crippen LogP contribution in [0, 0.1) is 23.3 Å². The second-order valence-electron chi connectivity index (χ2n) is 5.07. The lowest BCUT2D eigenvalue weighted by Gasteiger charge is -2.21. The first-order valence-corrected chi connectivity index (χ1v) is 6.24. The third kappa shape index (κ3) is 2.83. The Morgan fingerprint density at radius 1 is 1.16 bits per heavy atom. The highest BCUT2D eigenvalue weighted by atomic mass is 19.2. The van der Waals surface area contributed by atoms with Crippen LogP contribution in [0.4, 0.5) is 23.2 Å². The number of hydrogen-bond donors (Lipinski definition) is 1. The van der Waals surface area contributed by atoms with E-state index in [2.05, 4.69) is 5.32 Å². The molecule has 6 heteroatoms. The predicted molar refractivity (Wildman–Crippen MR) is 65.2 cm³/mol. The third-order valence-electron chi connectivity index (χ3n) is 3.16. The van der Waals surface area contributed by atoms with Crippen molar-refractivity contribution in [3.8, 4) is 0 Å². The monoisotopic (exact) mass is 276 g/mol. The molecule has 0 saturated carbocycles. The summed E-state index contributed by atoms with van der Waals surface area (Å²) >= 11 is 0. The van der Waals surface area contributed by atoms with Gasteiger partial charge >= 0.3 is 0 Å². The SMILES string of the molecule is CC(C)NC1CCN(c2c(F)c(F)cc(F)c2F)C1. The Kier molecular flexibility index (Phi) is 3.99. The van der Waals surface area contributed by atoms with Crippen LogP contribution in [-0.2, 0) is 0 Å². The molecule has 1 aromatic rings. The highest BCUT2D eigenvalue weighted by Crippen LogP contribution is 2.30. The average molecular weight is 276 g/mol. The van der Waals surface area contributed by atoms with Crippen LogP contribution in [0.25, 0.3) is 0 Å². The molecule has 1 aliphatic rings. The molecule has 1 atom stereocenters. The molecule has 1 unspecified atom stereocenters. The lowest BCUT2D eigenvalue weighted by molar-refractivity contribution is 0.451. The summed E-state index contributed by atoms with van der Waals surface area (Å²) in [6.07, 6.45) is 0.676. The number of nitrogens with zero attached hydrogens (tertiary/aromatic N) is 1. The van der Waals surface area contributed by atoms with Gasteiger partial charge in [0.15, 0.2) is 23.3 Å². The quantitative estimate of drug-likeness (QED) is 0.674. The first-order valence-electron chi connectivity index (χ1n) is 6.24. The molecular formula is C13H16F4N2. The number of halogens is 4. The predicted octanol–water partition coefficient (Wildman–Crippen LogP) is 2.82. The van der Waals surface area contributed by atoms with E-state index >= 15 is 0 Å². The van der Waals surface area contributed by atoms with Crippen molar-refractivity contribution >= 4 is 5.69 Å². The van der Waals surface area contributed by atoms with Gasteiger partial charge in [0.1, 0.15) is 5.69 Å². The van der Waals surface area contributed by atoms with Gasteiger partial charge in [-0.05, 0) is 6.42 Å². The van der Waals surface area contributed by atoms with E-state index in [-0.39, 0.29) is 18.2 Å². The molecule has 0 aromatic heterocycles. The lowest BCUT2D eigenvalue weighted by atomic mass is 10.2. The highest BCUT2D eigenvalue weighted by molar-refractivity contribution is 5.51. The van der Waals surface area contributed by atoms with Crippen molar-refractivity contribution in [3.05, 3.63) is 29.3 Å². The molecule has 2 rings (SSSR count). The highest BCUT2D eigenvalue weighted by Gasteiger charge is 2.30. The Labute approximate surface area is 109 Å². The van der Waals surface area contributed by atoms with Gasteiger partial charge in [0.2, 0.25) is 0 Å². The zero-order chi connectivity index (χ0) is 14.2. The van der Waals surface area contributed by atoms with Gasteiger partial charge in [0.05, 0.1) is 0 Å². The van der Waals surface area contributed by atoms with Crippen LogP contribution in [0.2, 0.25) is 0 Å². The Hall–Kier alpha value is -1.30. The molecular weight excluding hydrogens is 260 g/mol. The van der Waals surface area contributed by atoms with Gasteiger partial charge in [-0.15, -0.1) is 0 Å². The zero-order valence-electron chi connectivity index (χ0n) is 10.8. The van der Waals surface area contributed by atoms with Crippen molar-refractivity contribution in [1.82, 2.24) is 5.32 Å². The van der Waals surface area contributed by atoms with Crippen molar-refractivity contribution in [2.24, 2.45) is 0 Å². The van der Waals surface area contributed by atoms with Crippen LogP contribution >= 0.6 is 0 Å². The molecule has 1 heterocycles. The van der Waals surface area contributed by atoms with Gasteiger partial charge < -0.3 is 10.2 Å². The molecule has 1 aliphatic heterocycles. The van der Waals surface area contributed by atoms with E-state index < -0.39 is 29.0 Å². The fourth-order valence-corrected chi connectivity index (χ4v) is 2.41. The van der Waals surface area contributed by atoms with Gasteiger partial charge in [0, 0.05) is 31.2 Å². The van der Waals surface area contributed by atoms with E-state index in [1.807, 2.05) is 13.8 Å². The first kappa shape index (κ1) is 14.1. The lowest BCUT2D eigenvalue weighted by Crippen LogP contribution is -2.37. The maximum Gasteiger partial charge on any atom is 0.185 e. The second-order valence-corrected chi connectivity index (χ2v) is 5.07. The van der Waals surface area contributed by atoms with Crippen molar-refractivity contribution in [3.63, 3.8) is 0 Å². The molecule has 0 radical (unpaired) electrons.